The molecule has 0 aliphatic heterocycles. The van der Waals surface area contributed by atoms with Crippen LogP contribution in [0.4, 0.5) is 0 Å². The second-order valence-corrected chi connectivity index (χ2v) is 15.0. The third-order valence-electron chi connectivity index (χ3n) is 7.10. The molecule has 0 spiro atoms. The molecule has 0 aliphatic carbocycles. The van der Waals surface area contributed by atoms with E-state index in [2.05, 4.69) is 108 Å². The van der Waals surface area contributed by atoms with Gasteiger partial charge in [0.25, 0.3) is 0 Å². The number of benzene rings is 5. The van der Waals surface area contributed by atoms with Crippen LogP contribution in [0.3, 0.4) is 0 Å². The number of hydrogen-bond acceptors (Lipinski definition) is 2. The quantitative estimate of drug-likeness (QED) is 0.229. The summed E-state index contributed by atoms with van der Waals surface area (Å²) in [5.74, 6) is 0. The second-order valence-electron chi connectivity index (χ2n) is 9.65. The zero-order valence-electron chi connectivity index (χ0n) is 22.2. The molecule has 0 saturated heterocycles. The van der Waals surface area contributed by atoms with Gasteiger partial charge < -0.3 is 17.0 Å². The van der Waals surface area contributed by atoms with E-state index in [9.17, 15) is 8.42 Å². The van der Waals surface area contributed by atoms with Gasteiger partial charge in [-0.05, 0) is 66.9 Å². The van der Waals surface area contributed by atoms with Crippen molar-refractivity contribution in [2.24, 2.45) is 0 Å². The van der Waals surface area contributed by atoms with Crippen LogP contribution in [0.25, 0.3) is 0 Å². The predicted molar refractivity (Wildman–Crippen MR) is 165 cm³/mol. The van der Waals surface area contributed by atoms with Crippen LogP contribution >= 0.6 is 7.26 Å². The molecule has 0 amide bonds. The van der Waals surface area contributed by atoms with Crippen LogP contribution in [0, 0.1) is 0 Å². The molecule has 0 radical (unpaired) electrons. The number of nitrogens with one attached hydrogen (secondary N) is 1. The first-order valence-corrected chi connectivity index (χ1v) is 16.7. The van der Waals surface area contributed by atoms with Gasteiger partial charge in [0.1, 0.15) is 23.2 Å². The summed E-state index contributed by atoms with van der Waals surface area (Å²) in [6.07, 6.45) is 2.14. The van der Waals surface area contributed by atoms with Gasteiger partial charge in [-0.1, -0.05) is 103 Å². The zero-order valence-corrected chi connectivity index (χ0v) is 25.5. The van der Waals surface area contributed by atoms with E-state index in [1.165, 1.54) is 15.9 Å². The Morgan fingerprint density at radius 1 is 0.550 bits per heavy atom. The third kappa shape index (κ3) is 6.97. The van der Waals surface area contributed by atoms with Crippen molar-refractivity contribution in [1.29, 1.82) is 0 Å². The first-order chi connectivity index (χ1) is 19.1. The van der Waals surface area contributed by atoms with Crippen LogP contribution in [0.2, 0.25) is 0 Å². The highest BCUT2D eigenvalue weighted by Crippen LogP contribution is 2.56. The van der Waals surface area contributed by atoms with Crippen molar-refractivity contribution in [3.05, 3.63) is 157 Å². The first kappa shape index (κ1) is 29.9. The molecule has 0 aliphatic rings. The summed E-state index contributed by atoms with van der Waals surface area (Å²) in [6, 6.07) is 50.7. The molecule has 5 rings (SSSR count). The Morgan fingerprint density at radius 3 is 1.35 bits per heavy atom. The molecule has 40 heavy (non-hydrogen) atoms. The van der Waals surface area contributed by atoms with Crippen molar-refractivity contribution in [2.45, 2.75) is 23.8 Å². The lowest BCUT2D eigenvalue weighted by Crippen LogP contribution is -3.00. The Labute approximate surface area is 249 Å². The van der Waals surface area contributed by atoms with Gasteiger partial charge in [0, 0.05) is 6.04 Å². The lowest BCUT2D eigenvalue weighted by Gasteiger charge is -2.29. The summed E-state index contributed by atoms with van der Waals surface area (Å²) >= 11 is 0. The summed E-state index contributed by atoms with van der Waals surface area (Å²) in [4.78, 5) is 0.290. The molecule has 0 saturated carbocycles. The van der Waals surface area contributed by atoms with E-state index in [1.807, 2.05) is 24.3 Å². The largest absolute Gasteiger partial charge is 1.00 e. The van der Waals surface area contributed by atoms with Crippen LogP contribution in [0.5, 0.6) is 0 Å². The fraction of sp³-hybridized carbons (Fsp3) is 0.118. The van der Waals surface area contributed by atoms with Gasteiger partial charge in [0.15, 0.2) is 0 Å². The molecule has 1 atom stereocenters. The SMILES string of the molecule is O=S(=O)(NC(CC[P+](c1ccccc1)(c1ccccc1)c1ccccc1)Cc1ccccc1)c1ccccc1.[Br-]. The van der Waals surface area contributed by atoms with E-state index in [1.54, 1.807) is 24.3 Å². The molecule has 1 N–H and O–H groups in total. The number of sulfonamides is 1. The van der Waals surface area contributed by atoms with Gasteiger partial charge in [-0.25, -0.2) is 13.1 Å². The Bertz CT molecular complexity index is 1460. The lowest BCUT2D eigenvalue weighted by molar-refractivity contribution is -0.0000103. The number of rotatable bonds is 11. The molecule has 3 nitrogen and oxygen atoms in total. The zero-order chi connectivity index (χ0) is 27.0. The van der Waals surface area contributed by atoms with E-state index >= 15 is 0 Å². The highest BCUT2D eigenvalue weighted by molar-refractivity contribution is 7.95. The van der Waals surface area contributed by atoms with Crippen LogP contribution < -0.4 is 37.6 Å². The van der Waals surface area contributed by atoms with Crippen molar-refractivity contribution in [3.63, 3.8) is 0 Å². The van der Waals surface area contributed by atoms with Gasteiger partial charge in [-0.3, -0.25) is 0 Å². The molecular weight excluding hydrogens is 597 g/mol. The standard InChI is InChI=1S/C34H33NO2PS.BrH/c36-39(37,34-24-14-5-15-25-34)35-30(28-29-16-6-1-7-17-29)26-27-38(31-18-8-2-9-19-31,32-20-10-3-11-21-32)33-22-12-4-13-23-33;/h1-25,30,35H,26-28H2;1H/q+1;/p-1. The monoisotopic (exact) mass is 629 g/mol. The molecule has 1 unspecified atom stereocenters. The van der Waals surface area contributed by atoms with Gasteiger partial charge >= 0.3 is 0 Å². The smallest absolute Gasteiger partial charge is 0.240 e. The summed E-state index contributed by atoms with van der Waals surface area (Å²) in [6.45, 7) is 0. The molecule has 5 aromatic rings. The van der Waals surface area contributed by atoms with Crippen LogP contribution in [-0.2, 0) is 16.4 Å². The topological polar surface area (TPSA) is 46.2 Å². The van der Waals surface area contributed by atoms with Crippen LogP contribution in [-0.4, -0.2) is 20.6 Å². The van der Waals surface area contributed by atoms with Crippen LogP contribution in [0.1, 0.15) is 12.0 Å². The average Bonchev–Trinajstić information content (AvgIpc) is 3.00. The fourth-order valence-electron chi connectivity index (χ4n) is 5.22. The molecule has 0 heterocycles. The van der Waals surface area contributed by atoms with Gasteiger partial charge in [0.05, 0.1) is 11.1 Å². The average molecular weight is 631 g/mol. The highest BCUT2D eigenvalue weighted by Gasteiger charge is 2.45. The lowest BCUT2D eigenvalue weighted by atomic mass is 10.1. The van der Waals surface area contributed by atoms with Crippen molar-refractivity contribution in [1.82, 2.24) is 4.72 Å². The molecule has 0 bridgehead atoms. The molecular formula is C34H33BrNO2PS. The second kappa shape index (κ2) is 14.0. The maximum atomic E-state index is 13.5. The summed E-state index contributed by atoms with van der Waals surface area (Å²) < 4.78 is 30.0. The number of hydrogen-bond donors (Lipinski definition) is 1. The minimum Gasteiger partial charge on any atom is -1.00 e. The van der Waals surface area contributed by atoms with Crippen molar-refractivity contribution < 1.29 is 25.4 Å². The van der Waals surface area contributed by atoms with Gasteiger partial charge in [-0.2, -0.15) is 0 Å². The molecule has 0 aromatic heterocycles. The molecule has 5 aromatic carbocycles. The Morgan fingerprint density at radius 2 is 0.925 bits per heavy atom. The van der Waals surface area contributed by atoms with E-state index in [0.29, 0.717) is 17.7 Å². The molecule has 0 fully saturated rings. The molecule has 6 heteroatoms. The predicted octanol–water partition coefficient (Wildman–Crippen LogP) is 2.96. The molecule has 204 valence electrons. The van der Waals surface area contributed by atoms with Gasteiger partial charge in [-0.15, -0.1) is 0 Å². The van der Waals surface area contributed by atoms with Crippen molar-refractivity contribution >= 4 is 33.2 Å². The minimum atomic E-state index is -3.68. The maximum absolute atomic E-state index is 13.5. The fourth-order valence-corrected chi connectivity index (χ4v) is 10.9. The maximum Gasteiger partial charge on any atom is 0.240 e. The third-order valence-corrected chi connectivity index (χ3v) is 13.1. The summed E-state index contributed by atoms with van der Waals surface area (Å²) in [7, 11) is -5.76. The minimum absolute atomic E-state index is 0. The van der Waals surface area contributed by atoms with Gasteiger partial charge in [0.2, 0.25) is 10.0 Å². The normalized spacial score (nSPS) is 12.3. The first-order valence-electron chi connectivity index (χ1n) is 13.2. The number of halogens is 1. The Balaban J connectivity index is 0.00000370. The van der Waals surface area contributed by atoms with Crippen LogP contribution in [0.15, 0.2) is 157 Å². The van der Waals surface area contributed by atoms with Crippen molar-refractivity contribution in [3.8, 4) is 0 Å². The van der Waals surface area contributed by atoms with E-state index < -0.39 is 17.3 Å². The van der Waals surface area contributed by atoms with E-state index in [-0.39, 0.29) is 23.0 Å². The highest BCUT2D eigenvalue weighted by atomic mass is 79.9. The Kier molecular flexibility index (Phi) is 10.5. The Hall–Kier alpha value is -3.08. The van der Waals surface area contributed by atoms with E-state index in [0.717, 1.165) is 11.7 Å². The summed E-state index contributed by atoms with van der Waals surface area (Å²) in [5, 5.41) is 3.89. The summed E-state index contributed by atoms with van der Waals surface area (Å²) in [5.41, 5.74) is 1.11. The van der Waals surface area contributed by atoms with E-state index in [4.69, 9.17) is 0 Å². The van der Waals surface area contributed by atoms with Crippen molar-refractivity contribution in [2.75, 3.05) is 6.16 Å².